The van der Waals surface area contributed by atoms with E-state index in [4.69, 9.17) is 0 Å². The van der Waals surface area contributed by atoms with Gasteiger partial charge in [0.25, 0.3) is 0 Å². The summed E-state index contributed by atoms with van der Waals surface area (Å²) in [5, 5.41) is 0. The minimum Gasteiger partial charge on any atom is -0.0651 e. The summed E-state index contributed by atoms with van der Waals surface area (Å²) in [5.41, 5.74) is 0. The van der Waals surface area contributed by atoms with E-state index in [2.05, 4.69) is 20.8 Å². The Kier molecular flexibility index (Phi) is 6.12. The topological polar surface area (TPSA) is 0 Å². The zero-order chi connectivity index (χ0) is 7.11. The van der Waals surface area contributed by atoms with Gasteiger partial charge in [-0.3, -0.25) is 0 Å². The maximum absolute atomic E-state index is 4.01. The van der Waals surface area contributed by atoms with E-state index in [-0.39, 0.29) is 0 Å². The molecule has 9 heavy (non-hydrogen) atoms. The van der Waals surface area contributed by atoms with Gasteiger partial charge in [0.2, 0.25) is 0 Å². The first-order valence-electron chi connectivity index (χ1n) is 3.93. The molecule has 1 unspecified atom stereocenters. The highest BCUT2D eigenvalue weighted by molar-refractivity contribution is 4.58. The summed E-state index contributed by atoms with van der Waals surface area (Å²) in [6, 6.07) is 0. The molecular formula is C9H18. The Labute approximate surface area is 59.7 Å². The standard InChI is InChI=1S/C9H18/c1-4-6-7-8-9(3)5-2/h9H,1,3-8H2,2H3. The van der Waals surface area contributed by atoms with Crippen LogP contribution < -0.4 is 0 Å². The van der Waals surface area contributed by atoms with Gasteiger partial charge in [-0.05, 0) is 5.92 Å². The molecule has 0 amide bonds. The SMILES string of the molecule is [CH2]CCCCC([CH2])CC. The van der Waals surface area contributed by atoms with Gasteiger partial charge in [-0.2, -0.15) is 0 Å². The molecule has 0 heteroatoms. The normalized spacial score (nSPS) is 13.7. The minimum atomic E-state index is 0.677. The van der Waals surface area contributed by atoms with Gasteiger partial charge < -0.3 is 0 Å². The van der Waals surface area contributed by atoms with Crippen LogP contribution in [0.5, 0.6) is 0 Å². The van der Waals surface area contributed by atoms with Crippen LogP contribution in [0.15, 0.2) is 0 Å². The molecule has 0 N–H and O–H groups in total. The van der Waals surface area contributed by atoms with Crippen molar-refractivity contribution in [2.45, 2.75) is 39.0 Å². The van der Waals surface area contributed by atoms with Gasteiger partial charge in [0, 0.05) is 0 Å². The fourth-order valence-corrected chi connectivity index (χ4v) is 0.814. The summed E-state index contributed by atoms with van der Waals surface area (Å²) in [6.45, 7) is 9.99. The van der Waals surface area contributed by atoms with Gasteiger partial charge in [0.05, 0.1) is 0 Å². The van der Waals surface area contributed by atoms with Crippen molar-refractivity contribution >= 4 is 0 Å². The minimum absolute atomic E-state index is 0.677. The molecule has 0 aliphatic heterocycles. The molecule has 0 aliphatic carbocycles. The third kappa shape index (κ3) is 5.88. The zero-order valence-corrected chi connectivity index (χ0v) is 6.53. The molecule has 0 fully saturated rings. The van der Waals surface area contributed by atoms with Crippen LogP contribution in [0.1, 0.15) is 39.0 Å². The molecule has 0 saturated heterocycles. The molecule has 0 aromatic carbocycles. The molecule has 0 nitrogen and oxygen atoms in total. The number of rotatable bonds is 5. The molecule has 0 saturated carbocycles. The van der Waals surface area contributed by atoms with Crippen molar-refractivity contribution in [3.63, 3.8) is 0 Å². The second-order valence-corrected chi connectivity index (χ2v) is 2.62. The van der Waals surface area contributed by atoms with Crippen LogP contribution in [-0.2, 0) is 0 Å². The smallest absolute Gasteiger partial charge is 0.0417 e. The maximum Gasteiger partial charge on any atom is -0.0417 e. The summed E-state index contributed by atoms with van der Waals surface area (Å²) < 4.78 is 0. The van der Waals surface area contributed by atoms with Crippen molar-refractivity contribution in [1.29, 1.82) is 0 Å². The lowest BCUT2D eigenvalue weighted by Crippen LogP contribution is -1.91. The van der Waals surface area contributed by atoms with E-state index < -0.39 is 0 Å². The lowest BCUT2D eigenvalue weighted by molar-refractivity contribution is 0.528. The summed E-state index contributed by atoms with van der Waals surface area (Å²) >= 11 is 0. The van der Waals surface area contributed by atoms with Crippen LogP contribution in [0.3, 0.4) is 0 Å². The average molecular weight is 126 g/mol. The second kappa shape index (κ2) is 6.12. The van der Waals surface area contributed by atoms with E-state index in [1.807, 2.05) is 0 Å². The Morgan fingerprint density at radius 3 is 2.44 bits per heavy atom. The third-order valence-corrected chi connectivity index (χ3v) is 1.69. The van der Waals surface area contributed by atoms with Crippen molar-refractivity contribution in [2.24, 2.45) is 5.92 Å². The molecule has 2 radical (unpaired) electrons. The van der Waals surface area contributed by atoms with Gasteiger partial charge in [-0.15, -0.1) is 0 Å². The van der Waals surface area contributed by atoms with Crippen molar-refractivity contribution in [3.05, 3.63) is 13.8 Å². The van der Waals surface area contributed by atoms with Gasteiger partial charge in [0.1, 0.15) is 0 Å². The summed E-state index contributed by atoms with van der Waals surface area (Å²) in [5.74, 6) is 0.677. The van der Waals surface area contributed by atoms with E-state index in [0.717, 1.165) is 6.42 Å². The maximum atomic E-state index is 4.01. The lowest BCUT2D eigenvalue weighted by Gasteiger charge is -2.05. The van der Waals surface area contributed by atoms with Crippen LogP contribution in [0, 0.1) is 19.8 Å². The Morgan fingerprint density at radius 1 is 1.33 bits per heavy atom. The Hall–Kier alpha value is 0. The number of unbranched alkanes of at least 4 members (excludes halogenated alkanes) is 2. The van der Waals surface area contributed by atoms with Crippen LogP contribution in [-0.4, -0.2) is 0 Å². The van der Waals surface area contributed by atoms with Gasteiger partial charge in [0.15, 0.2) is 0 Å². The predicted octanol–water partition coefficient (Wildman–Crippen LogP) is 3.24. The fraction of sp³-hybridized carbons (Fsp3) is 0.778. The van der Waals surface area contributed by atoms with Crippen molar-refractivity contribution in [1.82, 2.24) is 0 Å². The molecule has 0 aliphatic rings. The quantitative estimate of drug-likeness (QED) is 0.496. The molecule has 1 atom stereocenters. The summed E-state index contributed by atoms with van der Waals surface area (Å²) in [4.78, 5) is 0. The van der Waals surface area contributed by atoms with Crippen LogP contribution in [0.25, 0.3) is 0 Å². The zero-order valence-electron chi connectivity index (χ0n) is 6.53. The van der Waals surface area contributed by atoms with E-state index in [9.17, 15) is 0 Å². The molecular weight excluding hydrogens is 108 g/mol. The third-order valence-electron chi connectivity index (χ3n) is 1.69. The van der Waals surface area contributed by atoms with E-state index >= 15 is 0 Å². The van der Waals surface area contributed by atoms with Crippen molar-refractivity contribution in [3.8, 4) is 0 Å². The second-order valence-electron chi connectivity index (χ2n) is 2.62. The number of hydrogen-bond donors (Lipinski definition) is 0. The Morgan fingerprint density at radius 2 is 2.00 bits per heavy atom. The van der Waals surface area contributed by atoms with Crippen LogP contribution in [0.2, 0.25) is 0 Å². The number of hydrogen-bond acceptors (Lipinski definition) is 0. The first kappa shape index (κ1) is 9.00. The van der Waals surface area contributed by atoms with Gasteiger partial charge >= 0.3 is 0 Å². The van der Waals surface area contributed by atoms with E-state index in [0.29, 0.717) is 5.92 Å². The fourth-order valence-electron chi connectivity index (χ4n) is 0.814. The van der Waals surface area contributed by atoms with Crippen LogP contribution in [0.4, 0.5) is 0 Å². The monoisotopic (exact) mass is 126 g/mol. The first-order chi connectivity index (χ1) is 4.31. The largest absolute Gasteiger partial charge is 0.0651 e. The molecule has 0 aromatic rings. The molecule has 0 rings (SSSR count). The van der Waals surface area contributed by atoms with Crippen molar-refractivity contribution in [2.75, 3.05) is 0 Å². The lowest BCUT2D eigenvalue weighted by atomic mass is 10.0. The van der Waals surface area contributed by atoms with Gasteiger partial charge in [-0.25, -0.2) is 0 Å². The molecule has 0 aromatic heterocycles. The average Bonchev–Trinajstić information content (AvgIpc) is 1.89. The highest BCUT2D eigenvalue weighted by atomic mass is 14.0. The molecule has 0 spiro atoms. The highest BCUT2D eigenvalue weighted by Crippen LogP contribution is 2.10. The summed E-state index contributed by atoms with van der Waals surface area (Å²) in [7, 11) is 0. The molecule has 0 bridgehead atoms. The van der Waals surface area contributed by atoms with Gasteiger partial charge in [-0.1, -0.05) is 52.9 Å². The summed E-state index contributed by atoms with van der Waals surface area (Å²) in [6.07, 6.45) is 6.16. The van der Waals surface area contributed by atoms with Crippen LogP contribution >= 0.6 is 0 Å². The van der Waals surface area contributed by atoms with Crippen molar-refractivity contribution < 1.29 is 0 Å². The predicted molar refractivity (Wildman–Crippen MR) is 43.0 cm³/mol. The molecule has 54 valence electrons. The Balaban J connectivity index is 2.88. The van der Waals surface area contributed by atoms with E-state index in [1.165, 1.54) is 25.7 Å². The molecule has 0 heterocycles. The van der Waals surface area contributed by atoms with E-state index in [1.54, 1.807) is 0 Å². The highest BCUT2D eigenvalue weighted by Gasteiger charge is 1.96. The Bertz CT molecular complexity index is 48.0. The first-order valence-corrected chi connectivity index (χ1v) is 3.93.